The molecule has 1 amide bonds. The SMILES string of the molecule is CCOc1ccc(-n2cc(-c3ccccc3)nc2[C@@H](C)N(CCCC(C)N(C)C2CCC2)C(=O)Cc2ccc(F)c(C(F)(F)F)c2)cc1. The molecule has 2 atom stereocenters. The molecule has 0 N–H and O–H groups in total. The van der Waals surface area contributed by atoms with Crippen molar-refractivity contribution in [2.24, 2.45) is 0 Å². The van der Waals surface area contributed by atoms with Gasteiger partial charge in [-0.15, -0.1) is 0 Å². The Kier molecular flexibility index (Phi) is 11.2. The molecule has 10 heteroatoms. The number of ether oxygens (including phenoxy) is 1. The lowest BCUT2D eigenvalue weighted by Gasteiger charge is -2.39. The number of halogens is 4. The summed E-state index contributed by atoms with van der Waals surface area (Å²) in [6.45, 7) is 6.93. The van der Waals surface area contributed by atoms with Gasteiger partial charge in [-0.2, -0.15) is 13.2 Å². The molecule has 256 valence electrons. The van der Waals surface area contributed by atoms with E-state index in [0.29, 0.717) is 37.5 Å². The molecule has 0 saturated heterocycles. The monoisotopic (exact) mass is 664 g/mol. The van der Waals surface area contributed by atoms with Crippen LogP contribution in [0.15, 0.2) is 79.0 Å². The fourth-order valence-electron chi connectivity index (χ4n) is 6.28. The number of amides is 1. The number of benzene rings is 3. The van der Waals surface area contributed by atoms with Gasteiger partial charge < -0.3 is 19.1 Å². The Labute approximate surface area is 280 Å². The highest BCUT2D eigenvalue weighted by atomic mass is 19.4. The van der Waals surface area contributed by atoms with Gasteiger partial charge in [0.2, 0.25) is 5.91 Å². The van der Waals surface area contributed by atoms with Gasteiger partial charge in [-0.05, 0) is 95.5 Å². The summed E-state index contributed by atoms with van der Waals surface area (Å²) in [5.41, 5.74) is 1.18. The second-order valence-corrected chi connectivity index (χ2v) is 12.6. The van der Waals surface area contributed by atoms with Crippen LogP contribution in [0.4, 0.5) is 17.6 Å². The molecule has 1 aliphatic carbocycles. The van der Waals surface area contributed by atoms with Crippen LogP contribution in [-0.4, -0.2) is 57.5 Å². The lowest BCUT2D eigenvalue weighted by molar-refractivity contribution is -0.140. The Morgan fingerprint density at radius 1 is 1.04 bits per heavy atom. The van der Waals surface area contributed by atoms with Crippen LogP contribution in [-0.2, 0) is 17.4 Å². The molecule has 0 spiro atoms. The van der Waals surface area contributed by atoms with Crippen LogP contribution in [0.25, 0.3) is 16.9 Å². The Balaban J connectivity index is 1.48. The van der Waals surface area contributed by atoms with Crippen molar-refractivity contribution in [1.29, 1.82) is 0 Å². The van der Waals surface area contributed by atoms with Gasteiger partial charge >= 0.3 is 6.18 Å². The van der Waals surface area contributed by atoms with Crippen LogP contribution in [0.2, 0.25) is 0 Å². The lowest BCUT2D eigenvalue weighted by atomic mass is 9.90. The quantitative estimate of drug-likeness (QED) is 0.126. The van der Waals surface area contributed by atoms with E-state index in [0.717, 1.165) is 41.2 Å². The topological polar surface area (TPSA) is 50.6 Å². The first-order chi connectivity index (χ1) is 23.0. The molecule has 5 rings (SSSR count). The van der Waals surface area contributed by atoms with Gasteiger partial charge in [-0.25, -0.2) is 9.37 Å². The number of imidazole rings is 1. The Bertz CT molecular complexity index is 1650. The van der Waals surface area contributed by atoms with Crippen LogP contribution in [0.5, 0.6) is 5.75 Å². The third-order valence-corrected chi connectivity index (χ3v) is 9.45. The molecule has 1 aliphatic rings. The smallest absolute Gasteiger partial charge is 0.419 e. The summed E-state index contributed by atoms with van der Waals surface area (Å²) in [7, 11) is 2.14. The Morgan fingerprint density at radius 3 is 2.38 bits per heavy atom. The first kappa shape index (κ1) is 35.1. The molecule has 0 aliphatic heterocycles. The molecule has 0 bridgehead atoms. The summed E-state index contributed by atoms with van der Waals surface area (Å²) in [5.74, 6) is -0.375. The van der Waals surface area contributed by atoms with E-state index in [4.69, 9.17) is 9.72 Å². The molecule has 0 radical (unpaired) electrons. The zero-order valence-electron chi connectivity index (χ0n) is 28.0. The van der Waals surface area contributed by atoms with Crippen LogP contribution >= 0.6 is 0 Å². The normalized spacial score (nSPS) is 14.9. The minimum atomic E-state index is -4.87. The summed E-state index contributed by atoms with van der Waals surface area (Å²) in [4.78, 5) is 23.2. The van der Waals surface area contributed by atoms with Crippen LogP contribution in [0.3, 0.4) is 0 Å². The highest BCUT2D eigenvalue weighted by Gasteiger charge is 2.35. The van der Waals surface area contributed by atoms with Gasteiger partial charge in [0.1, 0.15) is 17.4 Å². The predicted molar refractivity (Wildman–Crippen MR) is 180 cm³/mol. The largest absolute Gasteiger partial charge is 0.494 e. The number of hydrogen-bond acceptors (Lipinski definition) is 4. The molecule has 1 heterocycles. The van der Waals surface area contributed by atoms with Crippen molar-refractivity contribution < 1.29 is 27.1 Å². The zero-order valence-corrected chi connectivity index (χ0v) is 28.0. The molecule has 1 saturated carbocycles. The van der Waals surface area contributed by atoms with Gasteiger partial charge in [-0.1, -0.05) is 42.8 Å². The number of nitrogens with zero attached hydrogens (tertiary/aromatic N) is 4. The standard InChI is InChI=1S/C38H44F4N4O2/c1-5-48-32-19-17-31(18-20-32)46-25-35(29-12-7-6-8-13-29)43-37(46)27(3)45(22-10-11-26(2)44(4)30-14-9-15-30)36(47)24-28-16-21-34(39)33(23-28)38(40,41)42/h6-8,12-13,16-21,23,25-27,30H,5,9-11,14-15,22,24H2,1-4H3/t26?,27-/m1/s1. The van der Waals surface area contributed by atoms with E-state index in [2.05, 4.69) is 18.9 Å². The average Bonchev–Trinajstić information content (AvgIpc) is 3.49. The number of carbonyl (C=O) groups is 1. The number of carbonyl (C=O) groups excluding carboxylic acids is 1. The molecular weight excluding hydrogens is 620 g/mol. The molecule has 6 nitrogen and oxygen atoms in total. The highest BCUT2D eigenvalue weighted by Crippen LogP contribution is 2.33. The summed E-state index contributed by atoms with van der Waals surface area (Å²) in [6.07, 6.45) is 1.94. The van der Waals surface area contributed by atoms with E-state index in [-0.39, 0.29) is 17.9 Å². The average molecular weight is 665 g/mol. The van der Waals surface area contributed by atoms with Crippen molar-refractivity contribution in [3.8, 4) is 22.7 Å². The first-order valence-corrected chi connectivity index (χ1v) is 16.7. The summed E-state index contributed by atoms with van der Waals surface area (Å²) in [5, 5.41) is 0. The molecule has 4 aromatic rings. The molecular formula is C38H44F4N4O2. The summed E-state index contributed by atoms with van der Waals surface area (Å²) < 4.78 is 62.3. The van der Waals surface area contributed by atoms with Gasteiger partial charge in [-0.3, -0.25) is 4.79 Å². The second kappa shape index (κ2) is 15.4. The van der Waals surface area contributed by atoms with E-state index in [9.17, 15) is 22.4 Å². The number of rotatable bonds is 14. The first-order valence-electron chi connectivity index (χ1n) is 16.7. The Hall–Kier alpha value is -4.18. The molecule has 1 aromatic heterocycles. The molecule has 3 aromatic carbocycles. The van der Waals surface area contributed by atoms with Gasteiger partial charge in [0.05, 0.1) is 30.3 Å². The molecule has 48 heavy (non-hydrogen) atoms. The van der Waals surface area contributed by atoms with Crippen molar-refractivity contribution in [2.75, 3.05) is 20.2 Å². The number of aromatic nitrogens is 2. The van der Waals surface area contributed by atoms with Crippen molar-refractivity contribution in [3.05, 3.63) is 102 Å². The lowest BCUT2D eigenvalue weighted by Crippen LogP contribution is -2.43. The maximum atomic E-state index is 14.1. The predicted octanol–water partition coefficient (Wildman–Crippen LogP) is 8.88. The summed E-state index contributed by atoms with van der Waals surface area (Å²) in [6, 6.07) is 20.5. The van der Waals surface area contributed by atoms with E-state index in [1.807, 2.05) is 79.2 Å². The molecule has 1 unspecified atom stereocenters. The fourth-order valence-corrected chi connectivity index (χ4v) is 6.28. The van der Waals surface area contributed by atoms with E-state index in [1.54, 1.807) is 4.90 Å². The third-order valence-electron chi connectivity index (χ3n) is 9.45. The number of hydrogen-bond donors (Lipinski definition) is 0. The van der Waals surface area contributed by atoms with Gasteiger partial charge in [0.15, 0.2) is 0 Å². The van der Waals surface area contributed by atoms with Crippen molar-refractivity contribution in [3.63, 3.8) is 0 Å². The summed E-state index contributed by atoms with van der Waals surface area (Å²) >= 11 is 0. The highest BCUT2D eigenvalue weighted by molar-refractivity contribution is 5.79. The number of alkyl halides is 3. The minimum Gasteiger partial charge on any atom is -0.494 e. The van der Waals surface area contributed by atoms with Gasteiger partial charge in [0.25, 0.3) is 0 Å². The maximum Gasteiger partial charge on any atom is 0.419 e. The van der Waals surface area contributed by atoms with Crippen LogP contribution in [0.1, 0.15) is 75.9 Å². The fraction of sp³-hybridized carbons (Fsp3) is 0.421. The van der Waals surface area contributed by atoms with E-state index >= 15 is 0 Å². The van der Waals surface area contributed by atoms with Crippen LogP contribution < -0.4 is 4.74 Å². The zero-order chi connectivity index (χ0) is 34.4. The maximum absolute atomic E-state index is 14.1. The molecule has 1 fully saturated rings. The minimum absolute atomic E-state index is 0.101. The van der Waals surface area contributed by atoms with Gasteiger partial charge in [0, 0.05) is 36.1 Å². The van der Waals surface area contributed by atoms with Crippen molar-refractivity contribution >= 4 is 5.91 Å². The van der Waals surface area contributed by atoms with Crippen molar-refractivity contribution in [2.45, 2.75) is 83.6 Å². The third kappa shape index (κ3) is 8.27. The van der Waals surface area contributed by atoms with Crippen molar-refractivity contribution in [1.82, 2.24) is 19.4 Å². The van der Waals surface area contributed by atoms with E-state index < -0.39 is 23.6 Å². The van der Waals surface area contributed by atoms with E-state index in [1.165, 1.54) is 25.3 Å². The Morgan fingerprint density at radius 2 is 1.75 bits per heavy atom. The second-order valence-electron chi connectivity index (χ2n) is 12.6. The van der Waals surface area contributed by atoms with Crippen LogP contribution in [0, 0.1) is 5.82 Å².